The number of rotatable bonds is 5. The molecule has 2 heterocycles. The molecule has 192 valence electrons. The highest BCUT2D eigenvalue weighted by atomic mass is 16.4. The van der Waals surface area contributed by atoms with E-state index in [-0.39, 0.29) is 17.9 Å². The third-order valence-corrected chi connectivity index (χ3v) is 8.97. The molecule has 5 heteroatoms. The highest BCUT2D eigenvalue weighted by Gasteiger charge is 2.42. The lowest BCUT2D eigenvalue weighted by molar-refractivity contribution is -0.139. The van der Waals surface area contributed by atoms with Crippen LogP contribution in [0, 0.1) is 5.41 Å². The fourth-order valence-electron chi connectivity index (χ4n) is 7.30. The minimum atomic E-state index is -0.726. The predicted molar refractivity (Wildman–Crippen MR) is 146 cm³/mol. The van der Waals surface area contributed by atoms with E-state index in [0.717, 1.165) is 51.9 Å². The Balaban J connectivity index is 1.25. The standard InChI is InChI=1S/C32H36N2O3/c35-27-12-14-29-25(19-27)9-13-28(23-5-2-1-3-6-23)31(29)24-7-10-26(11-8-24)34-18-16-32(22-34)15-4-17-33(21-32)20-30(36)37/h1-3,5-8,10-12,14,19,28,31,35H,4,9,13,15-18,20-22H2,(H,36,37)/t28-,31+,32?/m1/s1. The molecule has 3 aliphatic rings. The van der Waals surface area contributed by atoms with Gasteiger partial charge in [-0.3, -0.25) is 9.69 Å². The summed E-state index contributed by atoms with van der Waals surface area (Å²) in [6.07, 6.45) is 5.43. The number of benzene rings is 3. The molecule has 1 aliphatic carbocycles. The number of phenols is 1. The predicted octanol–water partition coefficient (Wildman–Crippen LogP) is 5.63. The zero-order valence-corrected chi connectivity index (χ0v) is 21.4. The van der Waals surface area contributed by atoms with Crippen LogP contribution in [0.5, 0.6) is 5.75 Å². The maximum Gasteiger partial charge on any atom is 0.317 e. The fourth-order valence-corrected chi connectivity index (χ4v) is 7.30. The molecule has 1 spiro atoms. The Hall–Kier alpha value is -3.31. The third-order valence-electron chi connectivity index (χ3n) is 8.97. The summed E-state index contributed by atoms with van der Waals surface area (Å²) in [6.45, 7) is 3.96. The van der Waals surface area contributed by atoms with Crippen LogP contribution in [0.1, 0.15) is 59.8 Å². The molecule has 1 unspecified atom stereocenters. The van der Waals surface area contributed by atoms with Gasteiger partial charge >= 0.3 is 5.97 Å². The molecule has 3 aromatic carbocycles. The van der Waals surface area contributed by atoms with Crippen molar-refractivity contribution in [2.75, 3.05) is 37.6 Å². The van der Waals surface area contributed by atoms with Gasteiger partial charge < -0.3 is 15.1 Å². The highest BCUT2D eigenvalue weighted by molar-refractivity contribution is 5.69. The lowest BCUT2D eigenvalue weighted by atomic mass is 9.69. The Morgan fingerprint density at radius 1 is 0.919 bits per heavy atom. The second-order valence-electron chi connectivity index (χ2n) is 11.4. The molecular weight excluding hydrogens is 460 g/mol. The van der Waals surface area contributed by atoms with E-state index in [1.165, 1.54) is 34.4 Å². The zero-order valence-electron chi connectivity index (χ0n) is 21.4. The molecule has 2 fully saturated rings. The number of aryl methyl sites for hydroxylation is 1. The molecular formula is C32H36N2O3. The maximum atomic E-state index is 11.3. The van der Waals surface area contributed by atoms with Gasteiger partial charge in [-0.25, -0.2) is 0 Å². The first kappa shape index (κ1) is 24.1. The molecule has 5 nitrogen and oxygen atoms in total. The van der Waals surface area contributed by atoms with Crippen LogP contribution in [-0.2, 0) is 11.2 Å². The largest absolute Gasteiger partial charge is 0.508 e. The van der Waals surface area contributed by atoms with Crippen LogP contribution in [-0.4, -0.2) is 53.8 Å². The number of carboxylic acid groups (broad SMARTS) is 1. The van der Waals surface area contributed by atoms with Crippen LogP contribution in [0.25, 0.3) is 0 Å². The van der Waals surface area contributed by atoms with E-state index in [4.69, 9.17) is 0 Å². The molecule has 0 saturated carbocycles. The van der Waals surface area contributed by atoms with Crippen molar-refractivity contribution in [1.29, 1.82) is 0 Å². The molecule has 6 rings (SSSR count). The van der Waals surface area contributed by atoms with Crippen LogP contribution < -0.4 is 4.90 Å². The number of fused-ring (bicyclic) bond motifs is 1. The maximum absolute atomic E-state index is 11.3. The Morgan fingerprint density at radius 2 is 1.73 bits per heavy atom. The van der Waals surface area contributed by atoms with Gasteiger partial charge in [-0.05, 0) is 91.1 Å². The number of phenolic OH excluding ortho intramolecular Hbond substituents is 1. The third kappa shape index (κ3) is 4.85. The van der Waals surface area contributed by atoms with Crippen LogP contribution in [0.2, 0.25) is 0 Å². The lowest BCUT2D eigenvalue weighted by Crippen LogP contribution is -2.46. The summed E-state index contributed by atoms with van der Waals surface area (Å²) in [6, 6.07) is 25.9. The number of piperidine rings is 1. The summed E-state index contributed by atoms with van der Waals surface area (Å²) < 4.78 is 0. The average Bonchev–Trinajstić information content (AvgIpc) is 3.31. The number of likely N-dealkylation sites (tertiary alicyclic amines) is 1. The average molecular weight is 497 g/mol. The Kier molecular flexibility index (Phi) is 6.41. The van der Waals surface area contributed by atoms with Gasteiger partial charge in [0.25, 0.3) is 0 Å². The van der Waals surface area contributed by atoms with Crippen molar-refractivity contribution in [2.45, 2.75) is 43.9 Å². The van der Waals surface area contributed by atoms with Crippen molar-refractivity contribution in [1.82, 2.24) is 4.90 Å². The van der Waals surface area contributed by atoms with E-state index in [0.29, 0.717) is 11.7 Å². The smallest absolute Gasteiger partial charge is 0.317 e. The summed E-state index contributed by atoms with van der Waals surface area (Å²) in [5.41, 5.74) is 6.74. The van der Waals surface area contributed by atoms with Crippen molar-refractivity contribution < 1.29 is 15.0 Å². The molecule has 3 aromatic rings. The number of hydrogen-bond donors (Lipinski definition) is 2. The molecule has 2 saturated heterocycles. The van der Waals surface area contributed by atoms with E-state index in [2.05, 4.69) is 70.5 Å². The van der Waals surface area contributed by atoms with Gasteiger partial charge in [0.05, 0.1) is 6.54 Å². The molecule has 2 N–H and O–H groups in total. The monoisotopic (exact) mass is 496 g/mol. The number of carboxylic acids is 1. The molecule has 2 aliphatic heterocycles. The SMILES string of the molecule is O=C(O)CN1CCCC2(CCN(c3ccc([C@@H]4c5ccc(O)cc5CC[C@@H]4c4ccccc4)cc3)C2)C1. The van der Waals surface area contributed by atoms with Crippen LogP contribution >= 0.6 is 0 Å². The molecule has 0 bridgehead atoms. The minimum Gasteiger partial charge on any atom is -0.508 e. The number of aromatic hydroxyl groups is 1. The van der Waals surface area contributed by atoms with Gasteiger partial charge in [0.1, 0.15) is 5.75 Å². The van der Waals surface area contributed by atoms with Crippen LogP contribution in [0.3, 0.4) is 0 Å². The summed E-state index contributed by atoms with van der Waals surface area (Å²) in [5.74, 6) is 0.282. The first-order valence-electron chi connectivity index (χ1n) is 13.7. The number of hydrogen-bond acceptors (Lipinski definition) is 4. The quantitative estimate of drug-likeness (QED) is 0.479. The van der Waals surface area contributed by atoms with Crippen LogP contribution in [0.15, 0.2) is 72.8 Å². The highest BCUT2D eigenvalue weighted by Crippen LogP contribution is 2.47. The van der Waals surface area contributed by atoms with E-state index in [1.807, 2.05) is 12.1 Å². The number of carbonyl (C=O) groups is 1. The minimum absolute atomic E-state index is 0.152. The second-order valence-corrected chi connectivity index (χ2v) is 11.4. The van der Waals surface area contributed by atoms with Crippen molar-refractivity contribution in [3.05, 3.63) is 95.1 Å². The first-order valence-corrected chi connectivity index (χ1v) is 13.7. The Bertz CT molecular complexity index is 1260. The molecule has 3 atom stereocenters. The summed E-state index contributed by atoms with van der Waals surface area (Å²) in [5, 5.41) is 19.4. The summed E-state index contributed by atoms with van der Waals surface area (Å²) in [7, 11) is 0. The van der Waals surface area contributed by atoms with Crippen LogP contribution in [0.4, 0.5) is 5.69 Å². The van der Waals surface area contributed by atoms with Gasteiger partial charge in [0.15, 0.2) is 0 Å². The number of nitrogens with zero attached hydrogens (tertiary/aromatic N) is 2. The van der Waals surface area contributed by atoms with Gasteiger partial charge in [-0.1, -0.05) is 48.5 Å². The molecule has 0 radical (unpaired) electrons. The zero-order chi connectivity index (χ0) is 25.4. The fraction of sp³-hybridized carbons (Fsp3) is 0.406. The van der Waals surface area contributed by atoms with Gasteiger partial charge in [-0.2, -0.15) is 0 Å². The van der Waals surface area contributed by atoms with E-state index < -0.39 is 5.97 Å². The van der Waals surface area contributed by atoms with Gasteiger partial charge in [-0.15, -0.1) is 0 Å². The second kappa shape index (κ2) is 9.86. The van der Waals surface area contributed by atoms with Crippen molar-refractivity contribution in [2.24, 2.45) is 5.41 Å². The summed E-state index contributed by atoms with van der Waals surface area (Å²) >= 11 is 0. The van der Waals surface area contributed by atoms with Gasteiger partial charge in [0.2, 0.25) is 0 Å². The molecule has 0 amide bonds. The van der Waals surface area contributed by atoms with Gasteiger partial charge in [0, 0.05) is 36.7 Å². The lowest BCUT2D eigenvalue weighted by Gasteiger charge is -2.40. The van der Waals surface area contributed by atoms with E-state index in [1.54, 1.807) is 0 Å². The molecule has 37 heavy (non-hydrogen) atoms. The normalized spacial score (nSPS) is 25.8. The summed E-state index contributed by atoms with van der Waals surface area (Å²) in [4.78, 5) is 15.9. The van der Waals surface area contributed by atoms with Crippen molar-refractivity contribution in [3.8, 4) is 5.75 Å². The first-order chi connectivity index (χ1) is 18.0. The number of anilines is 1. The van der Waals surface area contributed by atoms with E-state index >= 15 is 0 Å². The molecule has 0 aromatic heterocycles. The Morgan fingerprint density at radius 3 is 2.51 bits per heavy atom. The van der Waals surface area contributed by atoms with Crippen molar-refractivity contribution in [3.63, 3.8) is 0 Å². The Labute approximate surface area is 219 Å². The topological polar surface area (TPSA) is 64.0 Å². The van der Waals surface area contributed by atoms with Crippen molar-refractivity contribution >= 4 is 11.7 Å². The van der Waals surface area contributed by atoms with E-state index in [9.17, 15) is 15.0 Å². The number of aliphatic carboxylic acids is 1.